The number of nitrogens with zero attached hydrogens (tertiary/aromatic N) is 2. The van der Waals surface area contributed by atoms with Crippen molar-refractivity contribution in [3.63, 3.8) is 0 Å². The smallest absolute Gasteiger partial charge is 0.0356 e. The van der Waals surface area contributed by atoms with Crippen LogP contribution in [0.2, 0.25) is 0 Å². The van der Waals surface area contributed by atoms with Gasteiger partial charge in [0, 0.05) is 18.1 Å². The van der Waals surface area contributed by atoms with Gasteiger partial charge in [-0.3, -0.25) is 4.90 Å². The summed E-state index contributed by atoms with van der Waals surface area (Å²) >= 11 is 0. The second kappa shape index (κ2) is 6.55. The van der Waals surface area contributed by atoms with Gasteiger partial charge in [0.2, 0.25) is 0 Å². The summed E-state index contributed by atoms with van der Waals surface area (Å²) in [6.07, 6.45) is 8.09. The Morgan fingerprint density at radius 1 is 1.21 bits per heavy atom. The lowest BCUT2D eigenvalue weighted by molar-refractivity contribution is -0.00987. The molecule has 1 saturated carbocycles. The molecule has 112 valence electrons. The van der Waals surface area contributed by atoms with Crippen molar-refractivity contribution >= 4 is 0 Å². The molecule has 0 aromatic heterocycles. The lowest BCUT2D eigenvalue weighted by Gasteiger charge is -2.52. The van der Waals surface area contributed by atoms with Gasteiger partial charge >= 0.3 is 0 Å². The molecule has 19 heavy (non-hydrogen) atoms. The van der Waals surface area contributed by atoms with E-state index in [2.05, 4.69) is 30.7 Å². The Balaban J connectivity index is 2.03. The first-order valence-corrected chi connectivity index (χ1v) is 8.28. The fourth-order valence-electron chi connectivity index (χ4n) is 4.21. The molecular formula is C16H33N3. The molecule has 2 aliphatic rings. The number of likely N-dealkylation sites (N-methyl/N-ethyl adjacent to an activating group) is 1. The van der Waals surface area contributed by atoms with E-state index >= 15 is 0 Å². The SMILES string of the molecule is CCN1CCC(CN)(N(C)C2CCCCC2C)CC1. The second-order valence-electron chi connectivity index (χ2n) is 6.80. The zero-order chi connectivity index (χ0) is 13.9. The molecule has 1 saturated heterocycles. The van der Waals surface area contributed by atoms with E-state index in [4.69, 9.17) is 5.73 Å². The van der Waals surface area contributed by atoms with E-state index in [0.717, 1.165) is 18.5 Å². The van der Waals surface area contributed by atoms with Gasteiger partial charge in [-0.1, -0.05) is 26.7 Å². The number of likely N-dealkylation sites (tertiary alicyclic amines) is 1. The fraction of sp³-hybridized carbons (Fsp3) is 1.00. The molecule has 3 heteroatoms. The van der Waals surface area contributed by atoms with Crippen molar-refractivity contribution in [1.29, 1.82) is 0 Å². The quantitative estimate of drug-likeness (QED) is 0.848. The van der Waals surface area contributed by atoms with E-state index in [9.17, 15) is 0 Å². The Morgan fingerprint density at radius 3 is 2.37 bits per heavy atom. The lowest BCUT2D eigenvalue weighted by Crippen LogP contribution is -2.62. The summed E-state index contributed by atoms with van der Waals surface area (Å²) in [6, 6.07) is 0.755. The highest BCUT2D eigenvalue weighted by atomic mass is 15.2. The highest BCUT2D eigenvalue weighted by molar-refractivity contribution is 4.98. The van der Waals surface area contributed by atoms with Crippen molar-refractivity contribution in [3.05, 3.63) is 0 Å². The van der Waals surface area contributed by atoms with Crippen LogP contribution in [0.25, 0.3) is 0 Å². The Morgan fingerprint density at radius 2 is 1.84 bits per heavy atom. The van der Waals surface area contributed by atoms with Crippen molar-refractivity contribution in [1.82, 2.24) is 9.80 Å². The molecular weight excluding hydrogens is 234 g/mol. The topological polar surface area (TPSA) is 32.5 Å². The highest BCUT2D eigenvalue weighted by Crippen LogP contribution is 2.35. The van der Waals surface area contributed by atoms with E-state index in [1.807, 2.05) is 0 Å². The van der Waals surface area contributed by atoms with Crippen LogP contribution in [-0.4, -0.2) is 54.6 Å². The van der Waals surface area contributed by atoms with Gasteiger partial charge in [-0.15, -0.1) is 0 Å². The molecule has 0 bridgehead atoms. The summed E-state index contributed by atoms with van der Waals surface area (Å²) in [5, 5.41) is 0. The van der Waals surface area contributed by atoms with Crippen LogP contribution in [0.1, 0.15) is 52.4 Å². The van der Waals surface area contributed by atoms with Crippen molar-refractivity contribution in [2.75, 3.05) is 33.2 Å². The summed E-state index contributed by atoms with van der Waals surface area (Å²) in [7, 11) is 2.35. The van der Waals surface area contributed by atoms with E-state index in [-0.39, 0.29) is 5.54 Å². The van der Waals surface area contributed by atoms with E-state index in [1.54, 1.807) is 0 Å². The van der Waals surface area contributed by atoms with Gasteiger partial charge in [0.25, 0.3) is 0 Å². The maximum absolute atomic E-state index is 6.22. The largest absolute Gasteiger partial charge is 0.329 e. The molecule has 0 aromatic rings. The first-order chi connectivity index (χ1) is 9.13. The van der Waals surface area contributed by atoms with Gasteiger partial charge in [0.15, 0.2) is 0 Å². The molecule has 2 rings (SSSR count). The molecule has 2 atom stereocenters. The zero-order valence-corrected chi connectivity index (χ0v) is 13.2. The summed E-state index contributed by atoms with van der Waals surface area (Å²) in [5.74, 6) is 0.839. The van der Waals surface area contributed by atoms with Crippen LogP contribution in [-0.2, 0) is 0 Å². The maximum atomic E-state index is 6.22. The number of hydrogen-bond acceptors (Lipinski definition) is 3. The average Bonchev–Trinajstić information content (AvgIpc) is 2.47. The second-order valence-corrected chi connectivity index (χ2v) is 6.80. The van der Waals surface area contributed by atoms with Crippen LogP contribution in [0.3, 0.4) is 0 Å². The van der Waals surface area contributed by atoms with Crippen LogP contribution in [0.5, 0.6) is 0 Å². The van der Waals surface area contributed by atoms with Crippen molar-refractivity contribution in [2.24, 2.45) is 11.7 Å². The standard InChI is InChI=1S/C16H33N3/c1-4-19-11-9-16(13-17,10-12-19)18(3)15-8-6-5-7-14(15)2/h14-15H,4-13,17H2,1-3H3. The Labute approximate surface area is 119 Å². The van der Waals surface area contributed by atoms with Gasteiger partial charge < -0.3 is 10.6 Å². The van der Waals surface area contributed by atoms with Gasteiger partial charge in [-0.05, 0) is 58.3 Å². The van der Waals surface area contributed by atoms with Crippen LogP contribution in [0.15, 0.2) is 0 Å². The summed E-state index contributed by atoms with van der Waals surface area (Å²) < 4.78 is 0. The minimum Gasteiger partial charge on any atom is -0.329 e. The first-order valence-electron chi connectivity index (χ1n) is 8.28. The number of hydrogen-bond donors (Lipinski definition) is 1. The molecule has 3 nitrogen and oxygen atoms in total. The van der Waals surface area contributed by atoms with Gasteiger partial charge in [-0.25, -0.2) is 0 Å². The minimum absolute atomic E-state index is 0.266. The molecule has 0 amide bonds. The van der Waals surface area contributed by atoms with Crippen LogP contribution in [0, 0.1) is 5.92 Å². The van der Waals surface area contributed by atoms with Crippen LogP contribution in [0.4, 0.5) is 0 Å². The minimum atomic E-state index is 0.266. The molecule has 2 N–H and O–H groups in total. The van der Waals surface area contributed by atoms with Crippen molar-refractivity contribution < 1.29 is 0 Å². The van der Waals surface area contributed by atoms with Gasteiger partial charge in [0.1, 0.15) is 0 Å². The van der Waals surface area contributed by atoms with Crippen molar-refractivity contribution in [3.8, 4) is 0 Å². The third-order valence-corrected chi connectivity index (χ3v) is 5.93. The summed E-state index contributed by atoms with van der Waals surface area (Å²) in [6.45, 7) is 9.15. The maximum Gasteiger partial charge on any atom is 0.0356 e. The first kappa shape index (κ1) is 15.3. The fourth-order valence-corrected chi connectivity index (χ4v) is 4.21. The summed E-state index contributed by atoms with van der Waals surface area (Å²) in [5.41, 5.74) is 6.48. The highest BCUT2D eigenvalue weighted by Gasteiger charge is 2.41. The third-order valence-electron chi connectivity index (χ3n) is 5.93. The Hall–Kier alpha value is -0.120. The molecule has 1 aliphatic heterocycles. The van der Waals surface area contributed by atoms with Crippen molar-refractivity contribution in [2.45, 2.75) is 64.0 Å². The average molecular weight is 267 g/mol. The number of rotatable bonds is 4. The van der Waals surface area contributed by atoms with E-state index in [1.165, 1.54) is 58.2 Å². The Bertz CT molecular complexity index is 271. The zero-order valence-electron chi connectivity index (χ0n) is 13.2. The molecule has 0 radical (unpaired) electrons. The van der Waals surface area contributed by atoms with Crippen LogP contribution >= 0.6 is 0 Å². The molecule has 1 aliphatic carbocycles. The molecule has 2 unspecified atom stereocenters. The predicted octanol–water partition coefficient (Wildman–Crippen LogP) is 2.31. The monoisotopic (exact) mass is 267 g/mol. The molecule has 0 aromatic carbocycles. The van der Waals surface area contributed by atoms with Crippen LogP contribution < -0.4 is 5.73 Å². The molecule has 0 spiro atoms. The van der Waals surface area contributed by atoms with E-state index in [0.29, 0.717) is 0 Å². The summed E-state index contributed by atoms with van der Waals surface area (Å²) in [4.78, 5) is 5.25. The lowest BCUT2D eigenvalue weighted by atomic mass is 9.79. The Kier molecular flexibility index (Phi) is 5.27. The molecule has 2 fully saturated rings. The van der Waals surface area contributed by atoms with Gasteiger partial charge in [-0.2, -0.15) is 0 Å². The molecule has 1 heterocycles. The van der Waals surface area contributed by atoms with Gasteiger partial charge in [0.05, 0.1) is 0 Å². The third kappa shape index (κ3) is 3.14. The predicted molar refractivity (Wildman–Crippen MR) is 82.3 cm³/mol. The van der Waals surface area contributed by atoms with E-state index < -0.39 is 0 Å². The number of piperidine rings is 1. The normalized spacial score (nSPS) is 32.7. The number of nitrogens with two attached hydrogens (primary N) is 1.